The number of hydrogen-bond acceptors (Lipinski definition) is 6. The Kier molecular flexibility index (Phi) is 7.98. The van der Waals surface area contributed by atoms with E-state index in [1.54, 1.807) is 25.5 Å². The van der Waals surface area contributed by atoms with Gasteiger partial charge in [0.25, 0.3) is 5.91 Å². The fraction of sp³-hybridized carbons (Fsp3) is 0.250. The molecule has 0 aliphatic rings. The standard InChI is InChI=1S/C20H24ClN5O2/c1-13(11-28-12-14-3-5-17(21)6-4-14)26-20(27)18-7-15(10-25-19(18)23)16(8-22)9-24-2/h3-10,13H,11-12,22H2,1-2H3,(H2,23,25)(H,26,27). The van der Waals surface area contributed by atoms with Crippen LogP contribution in [0, 0.1) is 0 Å². The molecule has 148 valence electrons. The van der Waals surface area contributed by atoms with E-state index in [2.05, 4.69) is 15.3 Å². The summed E-state index contributed by atoms with van der Waals surface area (Å²) < 4.78 is 5.65. The van der Waals surface area contributed by atoms with Crippen molar-refractivity contribution < 1.29 is 9.53 Å². The first-order chi connectivity index (χ1) is 13.4. The molecule has 1 unspecified atom stereocenters. The molecule has 1 amide bonds. The molecule has 0 aliphatic heterocycles. The molecule has 0 saturated carbocycles. The Morgan fingerprint density at radius 3 is 2.75 bits per heavy atom. The molecule has 7 nitrogen and oxygen atoms in total. The maximum absolute atomic E-state index is 12.6. The fourth-order valence-electron chi connectivity index (χ4n) is 2.45. The average Bonchev–Trinajstić information content (AvgIpc) is 2.68. The van der Waals surface area contributed by atoms with Gasteiger partial charge in [-0.25, -0.2) is 4.98 Å². The second kappa shape index (κ2) is 10.4. The second-order valence-corrected chi connectivity index (χ2v) is 6.62. The van der Waals surface area contributed by atoms with E-state index in [0.29, 0.717) is 29.4 Å². The van der Waals surface area contributed by atoms with Crippen molar-refractivity contribution >= 4 is 35.1 Å². The number of nitrogen functional groups attached to an aromatic ring is 1. The van der Waals surface area contributed by atoms with Crippen LogP contribution in [-0.2, 0) is 11.3 Å². The summed E-state index contributed by atoms with van der Waals surface area (Å²) in [6, 6.07) is 8.82. The summed E-state index contributed by atoms with van der Waals surface area (Å²) in [5.41, 5.74) is 14.0. The minimum Gasteiger partial charge on any atom is -0.404 e. The number of ether oxygens (including phenoxy) is 1. The van der Waals surface area contributed by atoms with E-state index in [-0.39, 0.29) is 23.3 Å². The van der Waals surface area contributed by atoms with E-state index >= 15 is 0 Å². The topological polar surface area (TPSA) is 116 Å². The molecule has 0 bridgehead atoms. The summed E-state index contributed by atoms with van der Waals surface area (Å²) in [5, 5.41) is 3.54. The number of benzene rings is 1. The maximum Gasteiger partial charge on any atom is 0.255 e. The zero-order chi connectivity index (χ0) is 20.5. The van der Waals surface area contributed by atoms with Crippen molar-refractivity contribution in [2.75, 3.05) is 19.4 Å². The molecule has 0 spiro atoms. The number of aromatic nitrogens is 1. The van der Waals surface area contributed by atoms with Crippen LogP contribution in [0.1, 0.15) is 28.4 Å². The monoisotopic (exact) mass is 401 g/mol. The Balaban J connectivity index is 1.96. The lowest BCUT2D eigenvalue weighted by atomic mass is 10.1. The van der Waals surface area contributed by atoms with Gasteiger partial charge in [0.1, 0.15) is 5.82 Å². The Bertz CT molecular complexity index is 865. The molecule has 0 saturated heterocycles. The highest BCUT2D eigenvalue weighted by Crippen LogP contribution is 2.17. The van der Waals surface area contributed by atoms with E-state index in [4.69, 9.17) is 27.8 Å². The van der Waals surface area contributed by atoms with Crippen LogP contribution in [-0.4, -0.2) is 36.8 Å². The van der Waals surface area contributed by atoms with Crippen LogP contribution < -0.4 is 16.8 Å². The summed E-state index contributed by atoms with van der Waals surface area (Å²) in [7, 11) is 1.63. The molecule has 0 fully saturated rings. The van der Waals surface area contributed by atoms with E-state index in [0.717, 1.165) is 5.56 Å². The van der Waals surface area contributed by atoms with Crippen molar-refractivity contribution in [1.82, 2.24) is 10.3 Å². The Labute approximate surface area is 169 Å². The van der Waals surface area contributed by atoms with Gasteiger partial charge in [0.15, 0.2) is 0 Å². The SMILES string of the molecule is CN=CC(=CN)c1cnc(N)c(C(=O)NC(C)COCc2ccc(Cl)cc2)c1. The highest BCUT2D eigenvalue weighted by Gasteiger charge is 2.15. The van der Waals surface area contributed by atoms with Crippen molar-refractivity contribution in [2.45, 2.75) is 19.6 Å². The molecular formula is C20H24ClN5O2. The third kappa shape index (κ3) is 6.07. The third-order valence-corrected chi connectivity index (χ3v) is 4.12. The quantitative estimate of drug-likeness (QED) is 0.588. The van der Waals surface area contributed by atoms with Crippen LogP contribution in [0.25, 0.3) is 5.57 Å². The third-order valence-electron chi connectivity index (χ3n) is 3.87. The summed E-state index contributed by atoms with van der Waals surface area (Å²) in [5.74, 6) is -0.195. The van der Waals surface area contributed by atoms with E-state index in [1.165, 1.54) is 6.20 Å². The predicted molar refractivity (Wildman–Crippen MR) is 113 cm³/mol. The zero-order valence-electron chi connectivity index (χ0n) is 15.9. The molecule has 1 heterocycles. The number of rotatable bonds is 8. The Morgan fingerprint density at radius 1 is 1.39 bits per heavy atom. The van der Waals surface area contributed by atoms with Gasteiger partial charge in [-0.1, -0.05) is 23.7 Å². The van der Waals surface area contributed by atoms with Crippen LogP contribution in [0.2, 0.25) is 5.02 Å². The van der Waals surface area contributed by atoms with Crippen molar-refractivity contribution in [3.8, 4) is 0 Å². The molecule has 5 N–H and O–H groups in total. The molecule has 8 heteroatoms. The number of anilines is 1. The lowest BCUT2D eigenvalue weighted by Gasteiger charge is -2.15. The second-order valence-electron chi connectivity index (χ2n) is 6.18. The van der Waals surface area contributed by atoms with E-state index < -0.39 is 0 Å². The van der Waals surface area contributed by atoms with Crippen LogP contribution >= 0.6 is 11.6 Å². The average molecular weight is 402 g/mol. The number of nitrogens with zero attached hydrogens (tertiary/aromatic N) is 2. The van der Waals surface area contributed by atoms with E-state index in [1.807, 2.05) is 31.2 Å². The summed E-state index contributed by atoms with van der Waals surface area (Å²) in [6.45, 7) is 2.62. The van der Waals surface area contributed by atoms with Gasteiger partial charge in [-0.2, -0.15) is 0 Å². The van der Waals surface area contributed by atoms with Crippen LogP contribution in [0.3, 0.4) is 0 Å². The van der Waals surface area contributed by atoms with Crippen molar-refractivity contribution in [2.24, 2.45) is 10.7 Å². The first kappa shape index (κ1) is 21.4. The van der Waals surface area contributed by atoms with Crippen LogP contribution in [0.15, 0.2) is 47.7 Å². The minimum absolute atomic E-state index is 0.139. The molecular weight excluding hydrogens is 378 g/mol. The number of carbonyl (C=O) groups excluding carboxylic acids is 1. The molecule has 1 aromatic heterocycles. The lowest BCUT2D eigenvalue weighted by molar-refractivity contribution is 0.0821. The fourth-order valence-corrected chi connectivity index (χ4v) is 2.57. The smallest absolute Gasteiger partial charge is 0.255 e. The Morgan fingerprint density at radius 2 is 2.11 bits per heavy atom. The van der Waals surface area contributed by atoms with Gasteiger partial charge in [-0.15, -0.1) is 0 Å². The van der Waals surface area contributed by atoms with Gasteiger partial charge in [0.05, 0.1) is 18.8 Å². The number of carbonyl (C=O) groups is 1. The predicted octanol–water partition coefficient (Wildman–Crippen LogP) is 2.65. The Hall–Kier alpha value is -2.90. The number of amides is 1. The summed E-state index contributed by atoms with van der Waals surface area (Å²) >= 11 is 5.86. The highest BCUT2D eigenvalue weighted by molar-refractivity contribution is 6.30. The minimum atomic E-state index is -0.334. The summed E-state index contributed by atoms with van der Waals surface area (Å²) in [6.07, 6.45) is 4.53. The van der Waals surface area contributed by atoms with Crippen LogP contribution in [0.4, 0.5) is 5.82 Å². The highest BCUT2D eigenvalue weighted by atomic mass is 35.5. The summed E-state index contributed by atoms with van der Waals surface area (Å²) in [4.78, 5) is 20.6. The first-order valence-electron chi connectivity index (χ1n) is 8.67. The van der Waals surface area contributed by atoms with Crippen LogP contribution in [0.5, 0.6) is 0 Å². The number of hydrogen-bond donors (Lipinski definition) is 3. The number of aliphatic imine (C=N–C) groups is 1. The number of allylic oxidation sites excluding steroid dienone is 1. The lowest BCUT2D eigenvalue weighted by Crippen LogP contribution is -2.36. The van der Waals surface area contributed by atoms with Gasteiger partial charge in [0, 0.05) is 47.9 Å². The van der Waals surface area contributed by atoms with Crippen molar-refractivity contribution in [3.63, 3.8) is 0 Å². The molecule has 2 aromatic rings. The number of halogens is 1. The molecule has 2 rings (SSSR count). The normalized spacial score (nSPS) is 12.9. The molecule has 28 heavy (non-hydrogen) atoms. The molecule has 0 radical (unpaired) electrons. The van der Waals surface area contributed by atoms with Gasteiger partial charge >= 0.3 is 0 Å². The van der Waals surface area contributed by atoms with Crippen molar-refractivity contribution in [1.29, 1.82) is 0 Å². The molecule has 1 atom stereocenters. The number of nitrogens with two attached hydrogens (primary N) is 2. The zero-order valence-corrected chi connectivity index (χ0v) is 16.6. The van der Waals surface area contributed by atoms with Gasteiger partial charge in [0.2, 0.25) is 0 Å². The molecule has 0 aliphatic carbocycles. The number of pyridine rings is 1. The van der Waals surface area contributed by atoms with Gasteiger partial charge in [-0.05, 0) is 30.7 Å². The van der Waals surface area contributed by atoms with E-state index in [9.17, 15) is 4.79 Å². The first-order valence-corrected chi connectivity index (χ1v) is 9.05. The van der Waals surface area contributed by atoms with Gasteiger partial charge < -0.3 is 21.5 Å². The molecule has 1 aromatic carbocycles. The number of nitrogens with one attached hydrogen (secondary N) is 1. The largest absolute Gasteiger partial charge is 0.404 e. The maximum atomic E-state index is 12.6. The van der Waals surface area contributed by atoms with Crippen molar-refractivity contribution in [3.05, 3.63) is 64.4 Å². The van der Waals surface area contributed by atoms with Gasteiger partial charge in [-0.3, -0.25) is 9.79 Å².